The van der Waals surface area contributed by atoms with E-state index in [0.717, 1.165) is 29.2 Å². The molecule has 37 heavy (non-hydrogen) atoms. The molecule has 1 heterocycles. The van der Waals surface area contributed by atoms with Crippen molar-refractivity contribution in [2.45, 2.75) is 56.5 Å². The number of aromatic carboxylic acids is 1. The lowest BCUT2D eigenvalue weighted by Gasteiger charge is -2.41. The number of nitrogens with one attached hydrogen (secondary N) is 1. The maximum absolute atomic E-state index is 13.2. The molecule has 1 aliphatic heterocycles. The van der Waals surface area contributed by atoms with Gasteiger partial charge in [-0.2, -0.15) is 0 Å². The third kappa shape index (κ3) is 3.47. The molecule has 2 bridgehead atoms. The molecule has 1 spiro atoms. The van der Waals surface area contributed by atoms with Gasteiger partial charge in [-0.15, -0.1) is 0 Å². The number of hydrogen-bond acceptors (Lipinski definition) is 3. The van der Waals surface area contributed by atoms with Crippen LogP contribution in [0.3, 0.4) is 0 Å². The lowest BCUT2D eigenvalue weighted by molar-refractivity contribution is 0.0696. The van der Waals surface area contributed by atoms with Crippen LogP contribution in [0.25, 0.3) is 11.1 Å². The molecule has 3 aromatic rings. The van der Waals surface area contributed by atoms with E-state index in [1.54, 1.807) is 24.3 Å². The van der Waals surface area contributed by atoms with Crippen molar-refractivity contribution >= 4 is 17.6 Å². The van der Waals surface area contributed by atoms with E-state index in [-0.39, 0.29) is 16.9 Å². The fourth-order valence-electron chi connectivity index (χ4n) is 7.52. The number of likely N-dealkylation sites (tertiary alicyclic amines) is 1. The van der Waals surface area contributed by atoms with Gasteiger partial charge in [-0.3, -0.25) is 9.69 Å². The summed E-state index contributed by atoms with van der Waals surface area (Å²) in [6, 6.07) is 21.5. The Hall–Kier alpha value is -3.44. The molecule has 0 radical (unpaired) electrons. The third-order valence-electron chi connectivity index (χ3n) is 9.79. The van der Waals surface area contributed by atoms with Gasteiger partial charge in [0.05, 0.1) is 5.56 Å². The second-order valence-corrected chi connectivity index (χ2v) is 12.0. The largest absolute Gasteiger partial charge is 0.478 e. The molecule has 5 nitrogen and oxygen atoms in total. The van der Waals surface area contributed by atoms with Crippen LogP contribution >= 0.6 is 0 Å². The number of fused-ring (bicyclic) bond motifs is 3. The summed E-state index contributed by atoms with van der Waals surface area (Å²) in [4.78, 5) is 27.1. The van der Waals surface area contributed by atoms with Crippen molar-refractivity contribution in [3.8, 4) is 11.1 Å². The number of nitrogens with zero attached hydrogens (tertiary/aromatic N) is 1. The van der Waals surface area contributed by atoms with Crippen LogP contribution in [0.2, 0.25) is 0 Å². The van der Waals surface area contributed by atoms with E-state index in [9.17, 15) is 9.59 Å². The Morgan fingerprint density at radius 2 is 1.62 bits per heavy atom. The Morgan fingerprint density at radius 3 is 2.27 bits per heavy atom. The zero-order chi connectivity index (χ0) is 25.5. The summed E-state index contributed by atoms with van der Waals surface area (Å²) in [5.41, 5.74) is 6.92. The number of hydrogen-bond donors (Lipinski definition) is 2. The number of carbonyl (C=O) groups is 2. The molecule has 5 unspecified atom stereocenters. The molecule has 2 N–H and O–H groups in total. The van der Waals surface area contributed by atoms with Gasteiger partial charge in [0.2, 0.25) is 0 Å². The van der Waals surface area contributed by atoms with Gasteiger partial charge in [-0.25, -0.2) is 4.79 Å². The van der Waals surface area contributed by atoms with Crippen LogP contribution in [0.15, 0.2) is 66.7 Å². The molecule has 2 saturated carbocycles. The highest BCUT2D eigenvalue weighted by Gasteiger charge is 2.75. The van der Waals surface area contributed by atoms with Gasteiger partial charge >= 0.3 is 5.97 Å². The minimum atomic E-state index is -0.935. The highest BCUT2D eigenvalue weighted by Crippen LogP contribution is 2.68. The maximum Gasteiger partial charge on any atom is 0.335 e. The van der Waals surface area contributed by atoms with E-state index in [1.165, 1.54) is 36.9 Å². The molecule has 188 valence electrons. The Labute approximate surface area is 217 Å². The summed E-state index contributed by atoms with van der Waals surface area (Å²) < 4.78 is 0. The zero-order valence-corrected chi connectivity index (χ0v) is 21.3. The van der Waals surface area contributed by atoms with Crippen LogP contribution in [0.1, 0.15) is 65.0 Å². The fraction of sp³-hybridized carbons (Fsp3) is 0.375. The lowest BCUT2D eigenvalue weighted by Crippen LogP contribution is -2.40. The van der Waals surface area contributed by atoms with E-state index >= 15 is 0 Å². The minimum Gasteiger partial charge on any atom is -0.478 e. The number of benzene rings is 3. The first-order chi connectivity index (χ1) is 17.8. The average molecular weight is 493 g/mol. The van der Waals surface area contributed by atoms with Gasteiger partial charge in [0.15, 0.2) is 0 Å². The first kappa shape index (κ1) is 22.7. The number of piperidine rings is 1. The zero-order valence-electron chi connectivity index (χ0n) is 21.3. The monoisotopic (exact) mass is 492 g/mol. The fourth-order valence-corrected chi connectivity index (χ4v) is 7.52. The number of anilines is 1. The normalized spacial score (nSPS) is 30.8. The van der Waals surface area contributed by atoms with Crippen molar-refractivity contribution in [1.29, 1.82) is 0 Å². The van der Waals surface area contributed by atoms with Crippen molar-refractivity contribution in [1.82, 2.24) is 4.90 Å². The minimum absolute atomic E-state index is 0.0867. The van der Waals surface area contributed by atoms with Crippen molar-refractivity contribution in [3.63, 3.8) is 0 Å². The molecule has 4 aliphatic rings. The smallest absolute Gasteiger partial charge is 0.335 e. The molecular weight excluding hydrogens is 460 g/mol. The summed E-state index contributed by atoms with van der Waals surface area (Å²) in [7, 11) is 0. The highest BCUT2D eigenvalue weighted by atomic mass is 16.4. The number of amides is 1. The number of carbonyl (C=O) groups excluding carboxylic acids is 1. The Bertz CT molecular complexity index is 1430. The predicted octanol–water partition coefficient (Wildman–Crippen LogP) is 5.99. The Kier molecular flexibility index (Phi) is 4.78. The van der Waals surface area contributed by atoms with E-state index in [0.29, 0.717) is 23.1 Å². The average Bonchev–Trinajstić information content (AvgIpc) is 3.80. The molecule has 1 saturated heterocycles. The summed E-state index contributed by atoms with van der Waals surface area (Å²) in [6.07, 6.45) is 5.15. The summed E-state index contributed by atoms with van der Waals surface area (Å²) in [6.45, 7) is 6.13. The summed E-state index contributed by atoms with van der Waals surface area (Å²) >= 11 is 0. The second kappa shape index (κ2) is 7.78. The van der Waals surface area contributed by atoms with Crippen LogP contribution in [0.4, 0.5) is 5.69 Å². The summed E-state index contributed by atoms with van der Waals surface area (Å²) in [5, 5.41) is 12.2. The topological polar surface area (TPSA) is 69.4 Å². The first-order valence-corrected chi connectivity index (χ1v) is 13.4. The molecular formula is C32H32N2O3. The van der Waals surface area contributed by atoms with Gasteiger partial charge in [-0.1, -0.05) is 44.2 Å². The maximum atomic E-state index is 13.2. The van der Waals surface area contributed by atoms with E-state index in [4.69, 9.17) is 5.11 Å². The van der Waals surface area contributed by atoms with E-state index in [2.05, 4.69) is 36.2 Å². The van der Waals surface area contributed by atoms with Crippen molar-refractivity contribution in [3.05, 3.63) is 89.0 Å². The molecule has 0 aromatic heterocycles. The number of carboxylic acid groups (broad SMARTS) is 1. The van der Waals surface area contributed by atoms with Crippen LogP contribution in [0.5, 0.6) is 0 Å². The van der Waals surface area contributed by atoms with Gasteiger partial charge in [-0.05, 0) is 102 Å². The highest BCUT2D eigenvalue weighted by molar-refractivity contribution is 6.04. The van der Waals surface area contributed by atoms with Crippen LogP contribution in [0, 0.1) is 11.8 Å². The summed E-state index contributed by atoms with van der Waals surface area (Å²) in [5.74, 6) is 0.506. The third-order valence-corrected chi connectivity index (χ3v) is 9.79. The predicted molar refractivity (Wildman–Crippen MR) is 144 cm³/mol. The number of carboxylic acids is 1. The Balaban J connectivity index is 1.08. The van der Waals surface area contributed by atoms with E-state index < -0.39 is 5.97 Å². The van der Waals surface area contributed by atoms with Gasteiger partial charge in [0.25, 0.3) is 5.91 Å². The number of rotatable bonds is 6. The standard InChI is InChI=1S/C32H32N2O3/c1-19-28-32(34(28)17-20-3-4-20)16-25-10-9-24(15-27(25)31(19,2)18-32)29(35)33-26-13-11-22(12-14-26)21-5-7-23(8-6-21)30(36)37/h5-15,19-20,28H,3-4,16-18H2,1-2H3,(H,33,35)(H,36,37). The lowest BCUT2D eigenvalue weighted by atomic mass is 9.67. The first-order valence-electron chi connectivity index (χ1n) is 13.4. The van der Waals surface area contributed by atoms with Gasteiger partial charge in [0, 0.05) is 29.4 Å². The molecule has 3 aliphatic carbocycles. The van der Waals surface area contributed by atoms with Crippen molar-refractivity contribution in [2.24, 2.45) is 11.8 Å². The quantitative estimate of drug-likeness (QED) is 0.415. The molecule has 3 aromatic carbocycles. The van der Waals surface area contributed by atoms with Crippen LogP contribution in [-0.2, 0) is 11.8 Å². The molecule has 5 heteroatoms. The molecule has 3 fully saturated rings. The van der Waals surface area contributed by atoms with E-state index in [1.807, 2.05) is 30.3 Å². The Morgan fingerprint density at radius 1 is 0.973 bits per heavy atom. The van der Waals surface area contributed by atoms with Crippen LogP contribution < -0.4 is 5.32 Å². The van der Waals surface area contributed by atoms with Gasteiger partial charge < -0.3 is 10.4 Å². The second-order valence-electron chi connectivity index (χ2n) is 12.0. The van der Waals surface area contributed by atoms with Crippen LogP contribution in [-0.4, -0.2) is 40.0 Å². The van der Waals surface area contributed by atoms with Gasteiger partial charge in [0.1, 0.15) is 0 Å². The molecule has 5 atom stereocenters. The SMILES string of the molecule is CC1C2N(CC3CC3)C23Cc2ccc(C(=O)Nc4ccc(-c5ccc(C(=O)O)cc5)cc4)cc2C1(C)C3. The van der Waals surface area contributed by atoms with Crippen molar-refractivity contribution in [2.75, 3.05) is 11.9 Å². The van der Waals surface area contributed by atoms with Crippen molar-refractivity contribution < 1.29 is 14.7 Å². The molecule has 7 rings (SSSR count). The molecule has 1 amide bonds.